The Bertz CT molecular complexity index is 1820. The van der Waals surface area contributed by atoms with Crippen molar-refractivity contribution < 1.29 is 19.0 Å². The van der Waals surface area contributed by atoms with Crippen molar-refractivity contribution in [1.29, 1.82) is 0 Å². The summed E-state index contributed by atoms with van der Waals surface area (Å²) in [5, 5.41) is 0.654. The van der Waals surface area contributed by atoms with Crippen molar-refractivity contribution in [2.45, 2.75) is 26.5 Å². The van der Waals surface area contributed by atoms with Gasteiger partial charge in [-0.15, -0.1) is 0 Å². The summed E-state index contributed by atoms with van der Waals surface area (Å²) in [4.78, 5) is 32.1. The third kappa shape index (κ3) is 6.25. The Labute approximate surface area is 252 Å². The van der Waals surface area contributed by atoms with Crippen LogP contribution < -0.4 is 24.4 Å². The molecule has 4 aromatic rings. The summed E-state index contributed by atoms with van der Waals surface area (Å²) in [6.45, 7) is 8.11. The van der Waals surface area contributed by atoms with Crippen LogP contribution in [0.25, 0.3) is 6.08 Å². The molecule has 1 unspecified atom stereocenters. The molecule has 5 rings (SSSR count). The van der Waals surface area contributed by atoms with Crippen molar-refractivity contribution >= 4 is 35.0 Å². The topological polar surface area (TPSA) is 79.1 Å². The van der Waals surface area contributed by atoms with Gasteiger partial charge in [0.05, 0.1) is 28.5 Å². The summed E-state index contributed by atoms with van der Waals surface area (Å²) in [5.41, 5.74) is 3.06. The van der Waals surface area contributed by atoms with Gasteiger partial charge in [-0.05, 0) is 61.4 Å². The van der Waals surface area contributed by atoms with Crippen molar-refractivity contribution in [1.82, 2.24) is 4.57 Å². The lowest BCUT2D eigenvalue weighted by Gasteiger charge is -2.24. The summed E-state index contributed by atoms with van der Waals surface area (Å²) in [6.07, 6.45) is 3.48. The van der Waals surface area contributed by atoms with Gasteiger partial charge in [0.2, 0.25) is 0 Å². The Morgan fingerprint density at radius 3 is 2.43 bits per heavy atom. The van der Waals surface area contributed by atoms with Gasteiger partial charge in [0.25, 0.3) is 5.56 Å². The third-order valence-electron chi connectivity index (χ3n) is 6.61. The normalized spacial score (nSPS) is 14.6. The van der Waals surface area contributed by atoms with Gasteiger partial charge in [0, 0.05) is 10.6 Å². The van der Waals surface area contributed by atoms with Crippen LogP contribution in [0.3, 0.4) is 0 Å². The number of aromatic nitrogens is 1. The molecule has 9 heteroatoms. The first kappa shape index (κ1) is 29.1. The maximum Gasteiger partial charge on any atom is 0.338 e. The fourth-order valence-electron chi connectivity index (χ4n) is 4.60. The Morgan fingerprint density at radius 2 is 1.74 bits per heavy atom. The molecule has 2 heterocycles. The molecule has 1 atom stereocenters. The standard InChI is InChI=1S/C33H29ClN2O5S/c1-4-18-40-25-16-12-23(13-17-25)30-29(32(38)39-5-2)21(3)35-33-36(30)31(37)28(42-33)19-22-10-14-26(15-11-22)41-20-24-8-6-7-9-27(24)34/h4,6-17,19,30H,1,5,18,20H2,2-3H3/b28-19-. The van der Waals surface area contributed by atoms with Crippen molar-refractivity contribution in [3.05, 3.63) is 138 Å². The predicted molar refractivity (Wildman–Crippen MR) is 165 cm³/mol. The molecule has 0 fully saturated rings. The highest BCUT2D eigenvalue weighted by molar-refractivity contribution is 7.07. The lowest BCUT2D eigenvalue weighted by Crippen LogP contribution is -2.39. The lowest BCUT2D eigenvalue weighted by atomic mass is 9.96. The number of hydrogen-bond donors (Lipinski definition) is 0. The van der Waals surface area contributed by atoms with Crippen molar-refractivity contribution in [2.75, 3.05) is 13.2 Å². The average molecular weight is 601 g/mol. The Kier molecular flexibility index (Phi) is 9.05. The SMILES string of the molecule is C=CCOc1ccc(C2C(C(=O)OCC)=C(C)N=c3s/c(=C\c4ccc(OCc5ccccc5Cl)cc4)c(=O)n32)cc1. The minimum absolute atomic E-state index is 0.208. The van der Waals surface area contributed by atoms with Gasteiger partial charge in [0.15, 0.2) is 4.80 Å². The molecule has 1 aromatic heterocycles. The summed E-state index contributed by atoms with van der Waals surface area (Å²) >= 11 is 7.50. The summed E-state index contributed by atoms with van der Waals surface area (Å²) in [7, 11) is 0. The number of nitrogens with zero attached hydrogens (tertiary/aromatic N) is 2. The number of rotatable bonds is 10. The van der Waals surface area contributed by atoms with Crippen LogP contribution in [0.1, 0.15) is 36.6 Å². The number of esters is 1. The van der Waals surface area contributed by atoms with E-state index < -0.39 is 12.0 Å². The van der Waals surface area contributed by atoms with Crippen LogP contribution in [-0.4, -0.2) is 23.8 Å². The van der Waals surface area contributed by atoms with Crippen molar-refractivity contribution in [3.8, 4) is 11.5 Å². The van der Waals surface area contributed by atoms with Gasteiger partial charge >= 0.3 is 5.97 Å². The number of carbonyl (C=O) groups is 1. The van der Waals surface area contributed by atoms with E-state index >= 15 is 0 Å². The molecule has 0 spiro atoms. The summed E-state index contributed by atoms with van der Waals surface area (Å²) in [6, 6.07) is 21.6. The Balaban J connectivity index is 1.49. The maximum absolute atomic E-state index is 13.8. The minimum atomic E-state index is -0.698. The van der Waals surface area contributed by atoms with Gasteiger partial charge in [-0.3, -0.25) is 9.36 Å². The van der Waals surface area contributed by atoms with Crippen LogP contribution in [0.15, 0.2) is 107 Å². The molecule has 1 aliphatic heterocycles. The molecule has 0 bridgehead atoms. The van der Waals surface area contributed by atoms with E-state index in [0.717, 1.165) is 16.7 Å². The van der Waals surface area contributed by atoms with Crippen LogP contribution in [0.4, 0.5) is 0 Å². The number of halogens is 1. The Morgan fingerprint density at radius 1 is 1.05 bits per heavy atom. The van der Waals surface area contributed by atoms with E-state index in [-0.39, 0.29) is 12.2 Å². The second kappa shape index (κ2) is 13.1. The highest BCUT2D eigenvalue weighted by Gasteiger charge is 2.33. The fraction of sp³-hybridized carbons (Fsp3) is 0.182. The minimum Gasteiger partial charge on any atom is -0.490 e. The molecular formula is C33H29ClN2O5S. The van der Waals surface area contributed by atoms with E-state index in [1.807, 2.05) is 78.9 Å². The highest BCUT2D eigenvalue weighted by Crippen LogP contribution is 2.31. The smallest absolute Gasteiger partial charge is 0.338 e. The molecule has 0 saturated heterocycles. The molecule has 0 N–H and O–H groups in total. The molecule has 7 nitrogen and oxygen atoms in total. The van der Waals surface area contributed by atoms with Crippen LogP contribution >= 0.6 is 22.9 Å². The van der Waals surface area contributed by atoms with Crippen molar-refractivity contribution in [3.63, 3.8) is 0 Å². The van der Waals surface area contributed by atoms with E-state index in [9.17, 15) is 9.59 Å². The van der Waals surface area contributed by atoms with Gasteiger partial charge < -0.3 is 14.2 Å². The van der Waals surface area contributed by atoms with E-state index in [1.54, 1.807) is 24.5 Å². The number of hydrogen-bond acceptors (Lipinski definition) is 7. The first-order valence-electron chi connectivity index (χ1n) is 13.4. The predicted octanol–water partition coefficient (Wildman–Crippen LogP) is 5.60. The van der Waals surface area contributed by atoms with E-state index in [4.69, 9.17) is 25.8 Å². The monoisotopic (exact) mass is 600 g/mol. The molecule has 214 valence electrons. The number of carbonyl (C=O) groups excluding carboxylic acids is 1. The van der Waals surface area contributed by atoms with Crippen LogP contribution in [0, 0.1) is 0 Å². The average Bonchev–Trinajstić information content (AvgIpc) is 3.29. The molecular weight excluding hydrogens is 572 g/mol. The molecule has 3 aromatic carbocycles. The molecule has 0 aliphatic carbocycles. The van der Waals surface area contributed by atoms with Gasteiger partial charge in [-0.1, -0.05) is 78.1 Å². The zero-order valence-corrected chi connectivity index (χ0v) is 24.8. The van der Waals surface area contributed by atoms with E-state index in [0.29, 0.717) is 50.3 Å². The molecule has 1 aliphatic rings. The van der Waals surface area contributed by atoms with Crippen LogP contribution in [0.5, 0.6) is 11.5 Å². The molecule has 0 radical (unpaired) electrons. The zero-order valence-electron chi connectivity index (χ0n) is 23.2. The molecule has 42 heavy (non-hydrogen) atoms. The third-order valence-corrected chi connectivity index (χ3v) is 7.96. The van der Waals surface area contributed by atoms with Crippen molar-refractivity contribution in [2.24, 2.45) is 4.99 Å². The van der Waals surface area contributed by atoms with Crippen LogP contribution in [-0.2, 0) is 16.1 Å². The Hall–Kier alpha value is -4.40. The first-order valence-corrected chi connectivity index (χ1v) is 14.6. The quantitative estimate of drug-likeness (QED) is 0.175. The van der Waals surface area contributed by atoms with E-state index in [2.05, 4.69) is 11.6 Å². The van der Waals surface area contributed by atoms with E-state index in [1.165, 1.54) is 11.3 Å². The maximum atomic E-state index is 13.8. The van der Waals surface area contributed by atoms with Gasteiger partial charge in [-0.25, -0.2) is 9.79 Å². The van der Waals surface area contributed by atoms with Gasteiger partial charge in [-0.2, -0.15) is 0 Å². The second-order valence-electron chi connectivity index (χ2n) is 9.42. The van der Waals surface area contributed by atoms with Gasteiger partial charge in [0.1, 0.15) is 24.7 Å². The lowest BCUT2D eigenvalue weighted by molar-refractivity contribution is -0.139. The molecule has 0 saturated carbocycles. The fourth-order valence-corrected chi connectivity index (χ4v) is 5.83. The summed E-state index contributed by atoms with van der Waals surface area (Å²) in [5.74, 6) is 0.838. The zero-order chi connectivity index (χ0) is 29.6. The largest absolute Gasteiger partial charge is 0.490 e. The number of fused-ring (bicyclic) bond motifs is 1. The van der Waals surface area contributed by atoms with Crippen LogP contribution in [0.2, 0.25) is 5.02 Å². The molecule has 0 amide bonds. The summed E-state index contributed by atoms with van der Waals surface area (Å²) < 4.78 is 18.9. The number of allylic oxidation sites excluding steroid dienone is 1. The number of benzene rings is 3. The second-order valence-corrected chi connectivity index (χ2v) is 10.8. The number of ether oxygens (including phenoxy) is 3. The first-order chi connectivity index (χ1) is 20.4. The number of thiazole rings is 1. The highest BCUT2D eigenvalue weighted by atomic mass is 35.5.